The van der Waals surface area contributed by atoms with Crippen LogP contribution < -0.4 is 10.1 Å². The normalized spacial score (nSPS) is 16.5. The first-order valence-electron chi connectivity index (χ1n) is 9.94. The highest BCUT2D eigenvalue weighted by Gasteiger charge is 2.27. The Kier molecular flexibility index (Phi) is 6.63. The number of benzene rings is 1. The minimum atomic E-state index is -0.297. The standard InChI is InChI=1S/C22H27N3O3/c1-3-17-9-7-8-14-25(17)22(27)19-15-16(12-13-23-19)21(26)24-18-10-5-6-11-20(18)28-4-2/h5-6,10-13,15,17H,3-4,7-9,14H2,1-2H3,(H,24,26). The van der Waals surface area contributed by atoms with Gasteiger partial charge in [-0.1, -0.05) is 19.1 Å². The number of carbonyl (C=O) groups excluding carboxylic acids is 2. The number of piperidine rings is 1. The number of hydrogen-bond acceptors (Lipinski definition) is 4. The van der Waals surface area contributed by atoms with Gasteiger partial charge < -0.3 is 15.0 Å². The molecule has 0 radical (unpaired) electrons. The lowest BCUT2D eigenvalue weighted by Gasteiger charge is -2.35. The molecule has 1 fully saturated rings. The summed E-state index contributed by atoms with van der Waals surface area (Å²) in [6, 6.07) is 10.7. The van der Waals surface area contributed by atoms with Gasteiger partial charge in [0.25, 0.3) is 11.8 Å². The monoisotopic (exact) mass is 381 g/mol. The summed E-state index contributed by atoms with van der Waals surface area (Å²) in [5.41, 5.74) is 1.31. The van der Waals surface area contributed by atoms with Crippen molar-refractivity contribution in [3.8, 4) is 5.75 Å². The highest BCUT2D eigenvalue weighted by atomic mass is 16.5. The maximum absolute atomic E-state index is 13.0. The van der Waals surface area contributed by atoms with Crippen molar-refractivity contribution >= 4 is 17.5 Å². The van der Waals surface area contributed by atoms with Crippen LogP contribution in [0, 0.1) is 0 Å². The van der Waals surface area contributed by atoms with Crippen molar-refractivity contribution in [1.29, 1.82) is 0 Å². The molecule has 28 heavy (non-hydrogen) atoms. The van der Waals surface area contributed by atoms with Crippen LogP contribution in [0.25, 0.3) is 0 Å². The first kappa shape index (κ1) is 19.9. The van der Waals surface area contributed by atoms with Crippen LogP contribution in [0.5, 0.6) is 5.75 Å². The second-order valence-electron chi connectivity index (χ2n) is 6.87. The van der Waals surface area contributed by atoms with Gasteiger partial charge in [-0.25, -0.2) is 0 Å². The van der Waals surface area contributed by atoms with Gasteiger partial charge in [0, 0.05) is 24.3 Å². The molecule has 1 N–H and O–H groups in total. The van der Waals surface area contributed by atoms with Gasteiger partial charge in [0.1, 0.15) is 11.4 Å². The van der Waals surface area contributed by atoms with Gasteiger partial charge in [0.15, 0.2) is 0 Å². The maximum atomic E-state index is 13.0. The van der Waals surface area contributed by atoms with E-state index in [4.69, 9.17) is 4.74 Å². The number of para-hydroxylation sites is 2. The molecule has 6 heteroatoms. The molecule has 1 unspecified atom stereocenters. The number of pyridine rings is 1. The summed E-state index contributed by atoms with van der Waals surface area (Å²) in [6.45, 7) is 5.25. The number of nitrogens with zero attached hydrogens (tertiary/aromatic N) is 2. The van der Waals surface area contributed by atoms with Crippen molar-refractivity contribution in [2.45, 2.75) is 45.6 Å². The molecule has 1 aromatic heterocycles. The van der Waals surface area contributed by atoms with Gasteiger partial charge in [0.05, 0.1) is 12.3 Å². The molecule has 3 rings (SSSR count). The van der Waals surface area contributed by atoms with Crippen LogP contribution in [0.3, 0.4) is 0 Å². The van der Waals surface area contributed by atoms with Crippen molar-refractivity contribution in [2.24, 2.45) is 0 Å². The van der Waals surface area contributed by atoms with Crippen LogP contribution in [0.2, 0.25) is 0 Å². The predicted octanol–water partition coefficient (Wildman–Crippen LogP) is 4.14. The Hall–Kier alpha value is -2.89. The second kappa shape index (κ2) is 9.35. The Labute approximate surface area is 165 Å². The third-order valence-corrected chi connectivity index (χ3v) is 5.04. The topological polar surface area (TPSA) is 71.5 Å². The van der Waals surface area contributed by atoms with Crippen molar-refractivity contribution < 1.29 is 14.3 Å². The number of likely N-dealkylation sites (tertiary alicyclic amines) is 1. The Balaban J connectivity index is 1.77. The predicted molar refractivity (Wildman–Crippen MR) is 109 cm³/mol. The molecule has 0 aliphatic carbocycles. The molecule has 1 atom stereocenters. The van der Waals surface area contributed by atoms with Gasteiger partial charge in [-0.3, -0.25) is 14.6 Å². The van der Waals surface area contributed by atoms with Crippen LogP contribution >= 0.6 is 0 Å². The van der Waals surface area contributed by atoms with Crippen LogP contribution in [-0.2, 0) is 0 Å². The molecule has 1 aromatic carbocycles. The molecule has 0 spiro atoms. The van der Waals surface area contributed by atoms with Crippen molar-refractivity contribution in [1.82, 2.24) is 9.88 Å². The number of hydrogen-bond donors (Lipinski definition) is 1. The fourth-order valence-corrected chi connectivity index (χ4v) is 3.57. The quantitative estimate of drug-likeness (QED) is 0.816. The van der Waals surface area contributed by atoms with Gasteiger partial charge >= 0.3 is 0 Å². The third kappa shape index (κ3) is 4.50. The lowest BCUT2D eigenvalue weighted by atomic mass is 9.99. The fourth-order valence-electron chi connectivity index (χ4n) is 3.57. The average molecular weight is 381 g/mol. The van der Waals surface area contributed by atoms with E-state index < -0.39 is 0 Å². The zero-order chi connectivity index (χ0) is 19.9. The van der Waals surface area contributed by atoms with E-state index in [2.05, 4.69) is 17.2 Å². The van der Waals surface area contributed by atoms with Crippen molar-refractivity contribution in [3.63, 3.8) is 0 Å². The molecule has 0 saturated carbocycles. The summed E-state index contributed by atoms with van der Waals surface area (Å²) in [5.74, 6) is 0.216. The first-order valence-corrected chi connectivity index (χ1v) is 9.94. The summed E-state index contributed by atoms with van der Waals surface area (Å²) >= 11 is 0. The molecular weight excluding hydrogens is 354 g/mol. The van der Waals surface area contributed by atoms with Gasteiger partial charge in [-0.05, 0) is 56.9 Å². The van der Waals surface area contributed by atoms with E-state index in [1.807, 2.05) is 30.0 Å². The number of nitrogens with one attached hydrogen (secondary N) is 1. The SMILES string of the molecule is CCOc1ccccc1NC(=O)c1ccnc(C(=O)N2CCCCC2CC)c1. The molecule has 0 bridgehead atoms. The minimum absolute atomic E-state index is 0.101. The van der Waals surface area contributed by atoms with Gasteiger partial charge in [-0.15, -0.1) is 0 Å². The molecule has 1 saturated heterocycles. The van der Waals surface area contributed by atoms with E-state index in [1.165, 1.54) is 6.20 Å². The van der Waals surface area contributed by atoms with Gasteiger partial charge in [-0.2, -0.15) is 0 Å². The van der Waals surface area contributed by atoms with Crippen molar-refractivity contribution in [2.75, 3.05) is 18.5 Å². The molecule has 2 amide bonds. The van der Waals surface area contributed by atoms with Crippen LogP contribution in [0.1, 0.15) is 60.4 Å². The van der Waals surface area contributed by atoms with Crippen LogP contribution in [0.15, 0.2) is 42.6 Å². The molecule has 148 valence electrons. The molecule has 2 heterocycles. The Morgan fingerprint density at radius 3 is 2.82 bits per heavy atom. The first-order chi connectivity index (χ1) is 13.6. The van der Waals surface area contributed by atoms with E-state index in [9.17, 15) is 9.59 Å². The minimum Gasteiger partial charge on any atom is -0.492 e. The lowest BCUT2D eigenvalue weighted by molar-refractivity contribution is 0.0602. The molecular formula is C22H27N3O3. The Bertz CT molecular complexity index is 837. The second-order valence-corrected chi connectivity index (χ2v) is 6.87. The number of aromatic nitrogens is 1. The van der Waals surface area contributed by atoms with Crippen LogP contribution in [-0.4, -0.2) is 40.9 Å². The largest absolute Gasteiger partial charge is 0.492 e. The summed E-state index contributed by atoms with van der Waals surface area (Å²) in [7, 11) is 0. The number of rotatable bonds is 6. The Morgan fingerprint density at radius 2 is 2.04 bits per heavy atom. The van der Waals surface area contributed by atoms with Crippen molar-refractivity contribution in [3.05, 3.63) is 53.9 Å². The zero-order valence-corrected chi connectivity index (χ0v) is 16.5. The lowest BCUT2D eigenvalue weighted by Crippen LogP contribution is -2.43. The molecule has 1 aliphatic rings. The number of anilines is 1. The number of amides is 2. The molecule has 2 aromatic rings. The van der Waals surface area contributed by atoms with Crippen LogP contribution in [0.4, 0.5) is 5.69 Å². The van der Waals surface area contributed by atoms with E-state index in [1.54, 1.807) is 18.2 Å². The van der Waals surface area contributed by atoms with Gasteiger partial charge in [0.2, 0.25) is 0 Å². The number of carbonyl (C=O) groups is 2. The van der Waals surface area contributed by atoms with E-state index >= 15 is 0 Å². The zero-order valence-electron chi connectivity index (χ0n) is 16.5. The highest BCUT2D eigenvalue weighted by Crippen LogP contribution is 2.25. The van der Waals surface area contributed by atoms with E-state index in [0.29, 0.717) is 29.3 Å². The summed E-state index contributed by atoms with van der Waals surface area (Å²) < 4.78 is 5.55. The molecule has 1 aliphatic heterocycles. The summed E-state index contributed by atoms with van der Waals surface area (Å²) in [4.78, 5) is 31.8. The third-order valence-electron chi connectivity index (χ3n) is 5.04. The average Bonchev–Trinajstić information content (AvgIpc) is 2.74. The Morgan fingerprint density at radius 1 is 1.21 bits per heavy atom. The number of ether oxygens (including phenoxy) is 1. The van der Waals surface area contributed by atoms with E-state index in [-0.39, 0.29) is 17.9 Å². The van der Waals surface area contributed by atoms with E-state index in [0.717, 1.165) is 32.2 Å². The molecule has 6 nitrogen and oxygen atoms in total. The fraction of sp³-hybridized carbons (Fsp3) is 0.409. The summed E-state index contributed by atoms with van der Waals surface area (Å²) in [6.07, 6.45) is 5.63. The maximum Gasteiger partial charge on any atom is 0.272 e. The summed E-state index contributed by atoms with van der Waals surface area (Å²) in [5, 5.41) is 2.86. The highest BCUT2D eigenvalue weighted by molar-refractivity contribution is 6.06. The smallest absolute Gasteiger partial charge is 0.272 e.